The van der Waals surface area contributed by atoms with Crippen molar-refractivity contribution in [3.8, 4) is 11.4 Å². The van der Waals surface area contributed by atoms with Gasteiger partial charge in [0.2, 0.25) is 0 Å². The van der Waals surface area contributed by atoms with Gasteiger partial charge in [-0.1, -0.05) is 57.5 Å². The molecule has 0 atom stereocenters. The number of nitrogens with zero attached hydrogens (tertiary/aromatic N) is 2. The molecular formula is C16H23N3. The first-order chi connectivity index (χ1) is 9.15. The van der Waals surface area contributed by atoms with Gasteiger partial charge in [0.25, 0.3) is 0 Å². The van der Waals surface area contributed by atoms with Crippen LogP contribution in [0.3, 0.4) is 0 Å². The summed E-state index contributed by atoms with van der Waals surface area (Å²) in [6.45, 7) is 7.40. The Bertz CT molecular complexity index is 526. The molecule has 0 aliphatic carbocycles. The second-order valence-corrected chi connectivity index (χ2v) is 5.23. The normalized spacial score (nSPS) is 11.2. The molecule has 0 saturated heterocycles. The van der Waals surface area contributed by atoms with Crippen LogP contribution >= 0.6 is 0 Å². The van der Waals surface area contributed by atoms with Crippen LogP contribution in [0.15, 0.2) is 30.3 Å². The van der Waals surface area contributed by atoms with Crippen molar-refractivity contribution in [3.05, 3.63) is 36.0 Å². The molecule has 0 saturated carbocycles. The van der Waals surface area contributed by atoms with Crippen LogP contribution in [0, 0.1) is 0 Å². The zero-order valence-corrected chi connectivity index (χ0v) is 12.1. The minimum atomic E-state index is 0.352. The first kappa shape index (κ1) is 13.7. The van der Waals surface area contributed by atoms with Crippen LogP contribution in [0.2, 0.25) is 0 Å². The molecule has 19 heavy (non-hydrogen) atoms. The molecule has 0 aliphatic rings. The van der Waals surface area contributed by atoms with E-state index in [4.69, 9.17) is 10.7 Å². The van der Waals surface area contributed by atoms with E-state index in [1.54, 1.807) is 0 Å². The molecule has 2 aromatic rings. The number of nitrogens with two attached hydrogens (primary N) is 1. The van der Waals surface area contributed by atoms with Crippen LogP contribution in [0.1, 0.15) is 45.2 Å². The number of imidazole rings is 1. The van der Waals surface area contributed by atoms with Crippen molar-refractivity contribution in [2.24, 2.45) is 0 Å². The van der Waals surface area contributed by atoms with Gasteiger partial charge in [-0.05, 0) is 12.3 Å². The highest BCUT2D eigenvalue weighted by molar-refractivity contribution is 5.60. The zero-order chi connectivity index (χ0) is 13.8. The van der Waals surface area contributed by atoms with E-state index in [0.29, 0.717) is 5.92 Å². The Balaban J connectivity index is 2.49. The Kier molecular flexibility index (Phi) is 4.25. The second kappa shape index (κ2) is 5.91. The minimum Gasteiger partial charge on any atom is -0.384 e. The van der Waals surface area contributed by atoms with Crippen molar-refractivity contribution in [1.82, 2.24) is 9.55 Å². The molecular weight excluding hydrogens is 234 g/mol. The summed E-state index contributed by atoms with van der Waals surface area (Å²) < 4.78 is 2.16. The van der Waals surface area contributed by atoms with Crippen LogP contribution < -0.4 is 5.73 Å². The van der Waals surface area contributed by atoms with E-state index in [0.717, 1.165) is 42.3 Å². The maximum absolute atomic E-state index is 6.28. The molecule has 2 N–H and O–H groups in total. The fourth-order valence-corrected chi connectivity index (χ4v) is 2.26. The number of hydrogen-bond donors (Lipinski definition) is 1. The van der Waals surface area contributed by atoms with Gasteiger partial charge in [0.05, 0.1) is 5.69 Å². The third-order valence-corrected chi connectivity index (χ3v) is 3.35. The van der Waals surface area contributed by atoms with Crippen LogP contribution in [0.25, 0.3) is 11.4 Å². The highest BCUT2D eigenvalue weighted by Crippen LogP contribution is 2.28. The highest BCUT2D eigenvalue weighted by Gasteiger charge is 2.17. The first-order valence-corrected chi connectivity index (χ1v) is 7.06. The molecule has 0 bridgehead atoms. The van der Waals surface area contributed by atoms with Crippen LogP contribution in [-0.2, 0) is 6.54 Å². The van der Waals surface area contributed by atoms with Gasteiger partial charge in [0.1, 0.15) is 11.6 Å². The van der Waals surface area contributed by atoms with Crippen LogP contribution in [0.4, 0.5) is 5.82 Å². The number of nitrogen functional groups attached to an aromatic ring is 1. The Labute approximate surface area is 115 Å². The zero-order valence-electron chi connectivity index (χ0n) is 12.1. The Morgan fingerprint density at radius 1 is 1.21 bits per heavy atom. The monoisotopic (exact) mass is 257 g/mol. The maximum Gasteiger partial charge on any atom is 0.141 e. The van der Waals surface area contributed by atoms with E-state index >= 15 is 0 Å². The molecule has 0 radical (unpaired) electrons. The summed E-state index contributed by atoms with van der Waals surface area (Å²) in [7, 11) is 0. The number of hydrogen-bond acceptors (Lipinski definition) is 2. The average Bonchev–Trinajstić information content (AvgIpc) is 2.75. The molecule has 1 aromatic heterocycles. The summed E-state index contributed by atoms with van der Waals surface area (Å²) in [6.07, 6.45) is 2.28. The summed E-state index contributed by atoms with van der Waals surface area (Å²) in [6, 6.07) is 10.3. The summed E-state index contributed by atoms with van der Waals surface area (Å²) in [4.78, 5) is 4.77. The van der Waals surface area contributed by atoms with Crippen molar-refractivity contribution in [1.29, 1.82) is 0 Å². The Morgan fingerprint density at radius 3 is 2.47 bits per heavy atom. The summed E-state index contributed by atoms with van der Waals surface area (Å²) in [5, 5.41) is 0. The van der Waals surface area contributed by atoms with Crippen molar-refractivity contribution in [2.75, 3.05) is 5.73 Å². The van der Waals surface area contributed by atoms with E-state index in [1.165, 1.54) is 0 Å². The minimum absolute atomic E-state index is 0.352. The van der Waals surface area contributed by atoms with Crippen LogP contribution in [0.5, 0.6) is 0 Å². The number of unbranched alkanes of at least 4 members (excludes halogenated alkanes) is 1. The maximum atomic E-state index is 6.28. The lowest BCUT2D eigenvalue weighted by atomic mass is 10.1. The van der Waals surface area contributed by atoms with E-state index < -0.39 is 0 Å². The first-order valence-electron chi connectivity index (χ1n) is 7.06. The molecule has 0 amide bonds. The number of anilines is 1. The number of benzene rings is 1. The van der Waals surface area contributed by atoms with Crippen molar-refractivity contribution >= 4 is 5.82 Å². The molecule has 0 aliphatic heterocycles. The fraction of sp³-hybridized carbons (Fsp3) is 0.438. The average molecular weight is 257 g/mol. The molecule has 3 heteroatoms. The standard InChI is InChI=1S/C16H23N3/c1-4-5-11-19-15(17)14(12(2)3)18-16(19)13-9-7-6-8-10-13/h6-10,12H,4-5,11,17H2,1-3H3. The highest BCUT2D eigenvalue weighted by atomic mass is 15.1. The van der Waals surface area contributed by atoms with E-state index in [2.05, 4.69) is 37.5 Å². The van der Waals surface area contributed by atoms with Gasteiger partial charge in [0.15, 0.2) is 0 Å². The number of aromatic nitrogens is 2. The molecule has 3 nitrogen and oxygen atoms in total. The van der Waals surface area contributed by atoms with Crippen molar-refractivity contribution in [3.63, 3.8) is 0 Å². The SMILES string of the molecule is CCCCn1c(-c2ccccc2)nc(C(C)C)c1N. The van der Waals surface area contributed by atoms with Crippen molar-refractivity contribution in [2.45, 2.75) is 46.1 Å². The Morgan fingerprint density at radius 2 is 1.89 bits per heavy atom. The van der Waals surface area contributed by atoms with Gasteiger partial charge in [-0.2, -0.15) is 0 Å². The lowest BCUT2D eigenvalue weighted by molar-refractivity contribution is 0.642. The molecule has 0 unspecified atom stereocenters. The summed E-state index contributed by atoms with van der Waals surface area (Å²) >= 11 is 0. The quantitative estimate of drug-likeness (QED) is 0.878. The molecule has 0 fully saturated rings. The molecule has 2 rings (SSSR count). The predicted octanol–water partition coefficient (Wildman–Crippen LogP) is 4.06. The fourth-order valence-electron chi connectivity index (χ4n) is 2.26. The summed E-state index contributed by atoms with van der Waals surface area (Å²) in [5.41, 5.74) is 8.43. The molecule has 102 valence electrons. The Hall–Kier alpha value is -1.77. The van der Waals surface area contributed by atoms with Gasteiger partial charge in [-0.25, -0.2) is 4.98 Å². The summed E-state index contributed by atoms with van der Waals surface area (Å²) in [5.74, 6) is 2.17. The van der Waals surface area contributed by atoms with E-state index in [1.807, 2.05) is 18.2 Å². The van der Waals surface area contributed by atoms with Gasteiger partial charge in [-0.3, -0.25) is 0 Å². The largest absolute Gasteiger partial charge is 0.384 e. The van der Waals surface area contributed by atoms with Crippen LogP contribution in [-0.4, -0.2) is 9.55 Å². The topological polar surface area (TPSA) is 43.8 Å². The predicted molar refractivity (Wildman–Crippen MR) is 81.1 cm³/mol. The van der Waals surface area contributed by atoms with Gasteiger partial charge < -0.3 is 10.3 Å². The van der Waals surface area contributed by atoms with E-state index in [-0.39, 0.29) is 0 Å². The van der Waals surface area contributed by atoms with Gasteiger partial charge in [-0.15, -0.1) is 0 Å². The smallest absolute Gasteiger partial charge is 0.141 e. The van der Waals surface area contributed by atoms with Crippen molar-refractivity contribution < 1.29 is 0 Å². The van der Waals surface area contributed by atoms with Gasteiger partial charge in [0, 0.05) is 12.1 Å². The lowest BCUT2D eigenvalue weighted by Gasteiger charge is -2.09. The second-order valence-electron chi connectivity index (χ2n) is 5.23. The lowest BCUT2D eigenvalue weighted by Crippen LogP contribution is -2.06. The molecule has 1 aromatic carbocycles. The third kappa shape index (κ3) is 2.80. The molecule has 1 heterocycles. The van der Waals surface area contributed by atoms with Gasteiger partial charge >= 0.3 is 0 Å². The number of rotatable bonds is 5. The molecule has 0 spiro atoms. The van der Waals surface area contributed by atoms with E-state index in [9.17, 15) is 0 Å². The third-order valence-electron chi connectivity index (χ3n) is 3.35.